The largest absolute Gasteiger partial charge is 0.494 e. The maximum atomic E-state index is 13.8. The Morgan fingerprint density at radius 1 is 1.42 bits per heavy atom. The maximum absolute atomic E-state index is 13.8. The van der Waals surface area contributed by atoms with Crippen LogP contribution in [0.5, 0.6) is 5.75 Å². The number of nitrogens with zero attached hydrogens (tertiary/aromatic N) is 2. The summed E-state index contributed by atoms with van der Waals surface area (Å²) in [5, 5.41) is 12.8. The number of hydrogen-bond acceptors (Lipinski definition) is 4. The minimum Gasteiger partial charge on any atom is -0.494 e. The van der Waals surface area contributed by atoms with E-state index in [4.69, 9.17) is 4.74 Å². The Bertz CT molecular complexity index is 494. The van der Waals surface area contributed by atoms with Crippen molar-refractivity contribution in [2.45, 2.75) is 12.5 Å². The van der Waals surface area contributed by atoms with E-state index in [2.05, 4.69) is 16.3 Å². The number of rotatable bonds is 3. The predicted molar refractivity (Wildman–Crippen MR) is 70.4 cm³/mol. The number of nitriles is 1. The molecule has 1 atom stereocenters. The second kappa shape index (κ2) is 5.55. The predicted octanol–water partition coefficient (Wildman–Crippen LogP) is 1.48. The summed E-state index contributed by atoms with van der Waals surface area (Å²) in [5.41, 5.74) is -0.148. The van der Waals surface area contributed by atoms with Gasteiger partial charge in [0, 0.05) is 26.2 Å². The molecule has 1 heterocycles. The Kier molecular flexibility index (Phi) is 4.03. The first-order valence-electron chi connectivity index (χ1n) is 6.33. The molecule has 0 bridgehead atoms. The van der Waals surface area contributed by atoms with Gasteiger partial charge in [-0.1, -0.05) is 6.07 Å². The third kappa shape index (κ3) is 2.55. The molecule has 0 aromatic heterocycles. The first-order chi connectivity index (χ1) is 9.11. The fourth-order valence-electron chi connectivity index (χ4n) is 2.40. The van der Waals surface area contributed by atoms with E-state index < -0.39 is 11.4 Å². The lowest BCUT2D eigenvalue weighted by Gasteiger charge is -2.39. The Hall–Kier alpha value is -1.64. The summed E-state index contributed by atoms with van der Waals surface area (Å²) in [4.78, 5) is 2.07. The van der Waals surface area contributed by atoms with E-state index in [0.717, 1.165) is 26.2 Å². The molecule has 0 spiro atoms. The van der Waals surface area contributed by atoms with Gasteiger partial charge in [0.25, 0.3) is 0 Å². The van der Waals surface area contributed by atoms with E-state index >= 15 is 0 Å². The van der Waals surface area contributed by atoms with Crippen LogP contribution < -0.4 is 10.1 Å². The first-order valence-corrected chi connectivity index (χ1v) is 6.33. The van der Waals surface area contributed by atoms with Crippen LogP contribution in [0.3, 0.4) is 0 Å². The molecule has 1 fully saturated rings. The molecule has 1 aromatic carbocycles. The van der Waals surface area contributed by atoms with Gasteiger partial charge >= 0.3 is 0 Å². The smallest absolute Gasteiger partial charge is 0.165 e. The summed E-state index contributed by atoms with van der Waals surface area (Å²) in [6, 6.07) is 7.04. The van der Waals surface area contributed by atoms with Crippen LogP contribution in [-0.4, -0.2) is 38.2 Å². The molecule has 1 aliphatic heterocycles. The zero-order valence-electron chi connectivity index (χ0n) is 11.2. The Labute approximate surface area is 112 Å². The molecule has 0 aliphatic carbocycles. The van der Waals surface area contributed by atoms with Gasteiger partial charge in [-0.05, 0) is 24.6 Å². The molecule has 2 rings (SSSR count). The third-order valence-corrected chi connectivity index (χ3v) is 3.68. The molecule has 5 heteroatoms. The van der Waals surface area contributed by atoms with Crippen molar-refractivity contribution in [3.05, 3.63) is 29.6 Å². The van der Waals surface area contributed by atoms with E-state index in [9.17, 15) is 9.65 Å². The Morgan fingerprint density at radius 3 is 2.63 bits per heavy atom. The highest BCUT2D eigenvalue weighted by Gasteiger charge is 2.35. The number of ether oxygens (including phenoxy) is 1. The third-order valence-electron chi connectivity index (χ3n) is 3.68. The van der Waals surface area contributed by atoms with Crippen molar-refractivity contribution in [2.75, 3.05) is 33.3 Å². The Morgan fingerprint density at radius 2 is 2.11 bits per heavy atom. The zero-order valence-corrected chi connectivity index (χ0v) is 11.2. The molecule has 0 saturated carbocycles. The number of hydrogen-bond donors (Lipinski definition) is 1. The highest BCUT2D eigenvalue weighted by molar-refractivity contribution is 5.36. The van der Waals surface area contributed by atoms with Gasteiger partial charge in [-0.15, -0.1) is 0 Å². The number of benzene rings is 1. The van der Waals surface area contributed by atoms with Crippen molar-refractivity contribution < 1.29 is 9.13 Å². The topological polar surface area (TPSA) is 48.3 Å². The lowest BCUT2D eigenvalue weighted by atomic mass is 9.90. The summed E-state index contributed by atoms with van der Waals surface area (Å²) in [5.74, 6) is -0.235. The Balaban J connectivity index is 2.35. The van der Waals surface area contributed by atoms with Crippen LogP contribution in [0, 0.1) is 17.1 Å². The molecule has 0 radical (unpaired) electrons. The van der Waals surface area contributed by atoms with Crippen LogP contribution >= 0.6 is 0 Å². The van der Waals surface area contributed by atoms with Gasteiger partial charge in [0.05, 0.1) is 13.2 Å². The second-order valence-corrected chi connectivity index (χ2v) is 4.77. The van der Waals surface area contributed by atoms with Crippen LogP contribution in [0.1, 0.15) is 12.5 Å². The minimum absolute atomic E-state index is 0.198. The summed E-state index contributed by atoms with van der Waals surface area (Å²) < 4.78 is 18.7. The highest BCUT2D eigenvalue weighted by atomic mass is 19.1. The van der Waals surface area contributed by atoms with E-state index in [0.29, 0.717) is 5.56 Å². The van der Waals surface area contributed by atoms with E-state index in [-0.39, 0.29) is 5.75 Å². The van der Waals surface area contributed by atoms with Crippen molar-refractivity contribution in [3.63, 3.8) is 0 Å². The van der Waals surface area contributed by atoms with Crippen LogP contribution in [0.4, 0.5) is 4.39 Å². The molecule has 19 heavy (non-hydrogen) atoms. The zero-order chi connectivity index (χ0) is 13.9. The van der Waals surface area contributed by atoms with Crippen molar-refractivity contribution in [1.29, 1.82) is 5.26 Å². The van der Waals surface area contributed by atoms with Gasteiger partial charge in [0.2, 0.25) is 0 Å². The molecule has 1 saturated heterocycles. The quantitative estimate of drug-likeness (QED) is 0.897. The van der Waals surface area contributed by atoms with E-state index in [1.807, 2.05) is 6.92 Å². The van der Waals surface area contributed by atoms with Crippen molar-refractivity contribution >= 4 is 0 Å². The standard InChI is InChI=1S/C14H18FN3O/c1-14(10-16,18-7-5-17-6-8-18)11-3-4-13(19-2)12(15)9-11/h3-4,9,17H,5-8H2,1-2H3. The average Bonchev–Trinajstić information content (AvgIpc) is 2.47. The molecule has 0 amide bonds. The SMILES string of the molecule is COc1ccc(C(C)(C#N)N2CCNCC2)cc1F. The van der Waals surface area contributed by atoms with Crippen molar-refractivity contribution in [3.8, 4) is 11.8 Å². The van der Waals surface area contributed by atoms with Gasteiger partial charge in [0.1, 0.15) is 5.54 Å². The normalized spacial score (nSPS) is 19.5. The van der Waals surface area contributed by atoms with Crippen molar-refractivity contribution in [1.82, 2.24) is 10.2 Å². The average molecular weight is 263 g/mol. The van der Waals surface area contributed by atoms with E-state index in [1.54, 1.807) is 12.1 Å². The highest BCUT2D eigenvalue weighted by Crippen LogP contribution is 2.30. The van der Waals surface area contributed by atoms with E-state index in [1.165, 1.54) is 13.2 Å². The van der Waals surface area contributed by atoms with Gasteiger partial charge in [-0.3, -0.25) is 4.90 Å². The molecular formula is C14H18FN3O. The molecule has 1 aliphatic rings. The molecule has 4 nitrogen and oxygen atoms in total. The molecule has 1 aromatic rings. The van der Waals surface area contributed by atoms with Crippen LogP contribution in [0.2, 0.25) is 0 Å². The fraction of sp³-hybridized carbons (Fsp3) is 0.500. The second-order valence-electron chi connectivity index (χ2n) is 4.77. The maximum Gasteiger partial charge on any atom is 0.165 e. The monoisotopic (exact) mass is 263 g/mol. The fourth-order valence-corrected chi connectivity index (χ4v) is 2.40. The number of methoxy groups -OCH3 is 1. The summed E-state index contributed by atoms with van der Waals surface area (Å²) >= 11 is 0. The van der Waals surface area contributed by atoms with Crippen LogP contribution in [0.15, 0.2) is 18.2 Å². The lowest BCUT2D eigenvalue weighted by Crippen LogP contribution is -2.52. The number of halogens is 1. The molecule has 1 N–H and O–H groups in total. The van der Waals surface area contributed by atoms with Gasteiger partial charge in [-0.2, -0.15) is 5.26 Å². The number of piperazine rings is 1. The summed E-state index contributed by atoms with van der Waals surface area (Å²) in [6.07, 6.45) is 0. The molecule has 1 unspecified atom stereocenters. The molecular weight excluding hydrogens is 245 g/mol. The van der Waals surface area contributed by atoms with Crippen molar-refractivity contribution in [2.24, 2.45) is 0 Å². The van der Waals surface area contributed by atoms with Crippen LogP contribution in [-0.2, 0) is 5.54 Å². The van der Waals surface area contributed by atoms with Gasteiger partial charge < -0.3 is 10.1 Å². The first kappa shape index (κ1) is 13.8. The van der Waals surface area contributed by atoms with Gasteiger partial charge in [0.15, 0.2) is 11.6 Å². The minimum atomic E-state index is -0.810. The lowest BCUT2D eigenvalue weighted by molar-refractivity contribution is 0.132. The van der Waals surface area contributed by atoms with Crippen LogP contribution in [0.25, 0.3) is 0 Å². The van der Waals surface area contributed by atoms with Gasteiger partial charge in [-0.25, -0.2) is 4.39 Å². The number of nitrogens with one attached hydrogen (secondary N) is 1. The molecule has 102 valence electrons. The summed E-state index contributed by atoms with van der Waals surface area (Å²) in [7, 11) is 1.43. The summed E-state index contributed by atoms with van der Waals surface area (Å²) in [6.45, 7) is 5.07.